The fourth-order valence-corrected chi connectivity index (χ4v) is 1.12. The number of hydrogen-bond donors (Lipinski definition) is 2. The van der Waals surface area contributed by atoms with Crippen molar-refractivity contribution in [1.29, 1.82) is 0 Å². The number of carbonyl (C=O) groups excluding carboxylic acids is 2. The van der Waals surface area contributed by atoms with E-state index in [9.17, 15) is 9.59 Å². The summed E-state index contributed by atoms with van der Waals surface area (Å²) < 4.78 is 5.00. The Morgan fingerprint density at radius 3 is 2.31 bits per heavy atom. The van der Waals surface area contributed by atoms with Gasteiger partial charge >= 0.3 is 11.8 Å². The lowest BCUT2D eigenvalue weighted by atomic mass is 10.2. The van der Waals surface area contributed by atoms with Crippen LogP contribution >= 0.6 is 0 Å². The predicted molar refractivity (Wildman–Crippen MR) is 58.9 cm³/mol. The molecule has 0 atom stereocenters. The minimum Gasteiger partial charge on any atom is -0.497 e. The van der Waals surface area contributed by atoms with Gasteiger partial charge in [-0.15, -0.1) is 0 Å². The molecule has 0 aliphatic rings. The van der Waals surface area contributed by atoms with Gasteiger partial charge in [-0.05, 0) is 17.7 Å². The van der Waals surface area contributed by atoms with Gasteiger partial charge in [-0.25, -0.2) is 0 Å². The molecule has 0 aliphatic heterocycles. The number of benzene rings is 1. The van der Waals surface area contributed by atoms with Crippen LogP contribution in [0.5, 0.6) is 5.75 Å². The second-order valence-electron chi connectivity index (χ2n) is 3.11. The molecule has 0 unspecified atom stereocenters. The van der Waals surface area contributed by atoms with E-state index in [0.29, 0.717) is 6.54 Å². The molecule has 0 fully saturated rings. The SMILES string of the molecule is CNC(=O)C(=O)NCc1ccc(OC)cc1. The average Bonchev–Trinajstić information content (AvgIpc) is 2.35. The van der Waals surface area contributed by atoms with Gasteiger partial charge in [0.2, 0.25) is 0 Å². The molecule has 0 aliphatic carbocycles. The van der Waals surface area contributed by atoms with Crippen LogP contribution in [-0.4, -0.2) is 26.0 Å². The van der Waals surface area contributed by atoms with E-state index in [1.54, 1.807) is 19.2 Å². The molecule has 0 radical (unpaired) electrons. The Hall–Kier alpha value is -2.04. The number of amides is 2. The van der Waals surface area contributed by atoms with Gasteiger partial charge in [0, 0.05) is 13.6 Å². The van der Waals surface area contributed by atoms with Gasteiger partial charge in [-0.3, -0.25) is 9.59 Å². The molecular formula is C11H14N2O3. The lowest BCUT2D eigenvalue weighted by Crippen LogP contribution is -2.37. The van der Waals surface area contributed by atoms with E-state index < -0.39 is 11.8 Å². The van der Waals surface area contributed by atoms with Gasteiger partial charge in [0.15, 0.2) is 0 Å². The molecule has 1 aromatic rings. The topological polar surface area (TPSA) is 67.4 Å². The van der Waals surface area contributed by atoms with Crippen molar-refractivity contribution in [3.05, 3.63) is 29.8 Å². The molecule has 0 aromatic heterocycles. The molecule has 0 heterocycles. The molecule has 2 N–H and O–H groups in total. The van der Waals surface area contributed by atoms with Crippen LogP contribution in [0.1, 0.15) is 5.56 Å². The van der Waals surface area contributed by atoms with Crippen LogP contribution in [0.4, 0.5) is 0 Å². The van der Waals surface area contributed by atoms with Crippen molar-refractivity contribution in [2.24, 2.45) is 0 Å². The third kappa shape index (κ3) is 3.27. The van der Waals surface area contributed by atoms with E-state index in [4.69, 9.17) is 4.74 Å². The summed E-state index contributed by atoms with van der Waals surface area (Å²) in [7, 11) is 3.00. The number of ether oxygens (including phenoxy) is 1. The first-order valence-corrected chi connectivity index (χ1v) is 4.80. The summed E-state index contributed by atoms with van der Waals surface area (Å²) >= 11 is 0. The molecule has 2 amide bonds. The van der Waals surface area contributed by atoms with Gasteiger partial charge in [-0.1, -0.05) is 12.1 Å². The quantitative estimate of drug-likeness (QED) is 0.710. The maximum atomic E-state index is 11.1. The summed E-state index contributed by atoms with van der Waals surface area (Å²) in [5.41, 5.74) is 0.901. The smallest absolute Gasteiger partial charge is 0.309 e. The van der Waals surface area contributed by atoms with E-state index in [1.807, 2.05) is 12.1 Å². The van der Waals surface area contributed by atoms with Crippen molar-refractivity contribution in [1.82, 2.24) is 10.6 Å². The fraction of sp³-hybridized carbons (Fsp3) is 0.273. The number of hydrogen-bond acceptors (Lipinski definition) is 3. The van der Waals surface area contributed by atoms with E-state index in [2.05, 4.69) is 10.6 Å². The van der Waals surface area contributed by atoms with Crippen molar-refractivity contribution in [2.75, 3.05) is 14.2 Å². The number of rotatable bonds is 3. The molecule has 5 heteroatoms. The van der Waals surface area contributed by atoms with Gasteiger partial charge in [0.1, 0.15) is 5.75 Å². The van der Waals surface area contributed by atoms with Crippen LogP contribution < -0.4 is 15.4 Å². The van der Waals surface area contributed by atoms with Crippen LogP contribution in [-0.2, 0) is 16.1 Å². The second kappa shape index (κ2) is 5.75. The van der Waals surface area contributed by atoms with E-state index in [0.717, 1.165) is 11.3 Å². The monoisotopic (exact) mass is 222 g/mol. The Balaban J connectivity index is 2.48. The summed E-state index contributed by atoms with van der Waals surface area (Å²) in [6, 6.07) is 7.23. The van der Waals surface area contributed by atoms with Crippen LogP contribution in [0.15, 0.2) is 24.3 Å². The van der Waals surface area contributed by atoms with E-state index in [1.165, 1.54) is 7.05 Å². The van der Waals surface area contributed by atoms with Crippen LogP contribution in [0.2, 0.25) is 0 Å². The molecule has 16 heavy (non-hydrogen) atoms. The Kier molecular flexibility index (Phi) is 4.32. The first-order valence-electron chi connectivity index (χ1n) is 4.80. The lowest BCUT2D eigenvalue weighted by molar-refractivity contribution is -0.139. The van der Waals surface area contributed by atoms with E-state index in [-0.39, 0.29) is 0 Å². The standard InChI is InChI=1S/C11H14N2O3/c1-12-10(14)11(15)13-7-8-3-5-9(16-2)6-4-8/h3-6H,7H2,1-2H3,(H,12,14)(H,13,15). The summed E-state index contributed by atoms with van der Waals surface area (Å²) in [6.07, 6.45) is 0. The Morgan fingerprint density at radius 1 is 1.19 bits per heavy atom. The highest BCUT2D eigenvalue weighted by Gasteiger charge is 2.09. The van der Waals surface area contributed by atoms with Crippen LogP contribution in [0.25, 0.3) is 0 Å². The summed E-state index contributed by atoms with van der Waals surface area (Å²) in [4.78, 5) is 22.0. The molecular weight excluding hydrogens is 208 g/mol. The molecule has 0 bridgehead atoms. The minimum absolute atomic E-state index is 0.316. The largest absolute Gasteiger partial charge is 0.497 e. The Labute approximate surface area is 93.8 Å². The number of methoxy groups -OCH3 is 1. The van der Waals surface area contributed by atoms with Gasteiger partial charge in [0.25, 0.3) is 0 Å². The minimum atomic E-state index is -0.645. The van der Waals surface area contributed by atoms with Crippen molar-refractivity contribution in [3.63, 3.8) is 0 Å². The van der Waals surface area contributed by atoms with Crippen molar-refractivity contribution >= 4 is 11.8 Å². The molecule has 1 aromatic carbocycles. The number of likely N-dealkylation sites (N-methyl/N-ethyl adjacent to an activating group) is 1. The highest BCUT2D eigenvalue weighted by molar-refractivity contribution is 6.34. The zero-order chi connectivity index (χ0) is 12.0. The third-order valence-corrected chi connectivity index (χ3v) is 2.05. The average molecular weight is 222 g/mol. The highest BCUT2D eigenvalue weighted by atomic mass is 16.5. The molecule has 0 saturated carbocycles. The first-order chi connectivity index (χ1) is 7.67. The van der Waals surface area contributed by atoms with Gasteiger partial charge in [0.05, 0.1) is 7.11 Å². The predicted octanol–water partition coefficient (Wildman–Crippen LogP) is 0.0574. The molecule has 0 saturated heterocycles. The summed E-state index contributed by atoms with van der Waals surface area (Å²) in [6.45, 7) is 0.316. The first kappa shape index (κ1) is 12.0. The highest BCUT2D eigenvalue weighted by Crippen LogP contribution is 2.10. The van der Waals surface area contributed by atoms with Crippen molar-refractivity contribution in [2.45, 2.75) is 6.54 Å². The third-order valence-electron chi connectivity index (χ3n) is 2.05. The molecule has 0 spiro atoms. The fourth-order valence-electron chi connectivity index (χ4n) is 1.12. The van der Waals surface area contributed by atoms with Crippen molar-refractivity contribution in [3.8, 4) is 5.75 Å². The van der Waals surface area contributed by atoms with Crippen LogP contribution in [0, 0.1) is 0 Å². The van der Waals surface area contributed by atoms with Crippen molar-refractivity contribution < 1.29 is 14.3 Å². The normalized spacial score (nSPS) is 9.38. The maximum Gasteiger partial charge on any atom is 0.309 e. The zero-order valence-corrected chi connectivity index (χ0v) is 9.24. The van der Waals surface area contributed by atoms with Crippen LogP contribution in [0.3, 0.4) is 0 Å². The summed E-state index contributed by atoms with van der Waals surface area (Å²) in [5, 5.41) is 4.74. The zero-order valence-electron chi connectivity index (χ0n) is 9.24. The number of nitrogens with one attached hydrogen (secondary N) is 2. The lowest BCUT2D eigenvalue weighted by Gasteiger charge is -2.05. The number of carbonyl (C=O) groups is 2. The Morgan fingerprint density at radius 2 is 1.81 bits per heavy atom. The summed E-state index contributed by atoms with van der Waals surface area (Å²) in [5.74, 6) is -0.534. The molecule has 5 nitrogen and oxygen atoms in total. The second-order valence-corrected chi connectivity index (χ2v) is 3.11. The van der Waals surface area contributed by atoms with E-state index >= 15 is 0 Å². The van der Waals surface area contributed by atoms with Gasteiger partial charge in [-0.2, -0.15) is 0 Å². The maximum absolute atomic E-state index is 11.1. The molecule has 86 valence electrons. The Bertz CT molecular complexity index is 373. The molecule has 1 rings (SSSR count). The van der Waals surface area contributed by atoms with Gasteiger partial charge < -0.3 is 15.4 Å².